The molecule has 2 rings (SSSR count). The minimum absolute atomic E-state index is 0.351. The Labute approximate surface area is 132 Å². The van der Waals surface area contributed by atoms with Crippen LogP contribution in [0.1, 0.15) is 63.8 Å². The smallest absolute Gasteiger partial charge is 0.191 e. The lowest BCUT2D eigenvalue weighted by Gasteiger charge is -2.23. The molecule has 0 aromatic carbocycles. The van der Waals surface area contributed by atoms with Crippen LogP contribution in [0.4, 0.5) is 0 Å². The van der Waals surface area contributed by atoms with Gasteiger partial charge in [-0.1, -0.05) is 31.8 Å². The Hall–Kier alpha value is -1.56. The van der Waals surface area contributed by atoms with Gasteiger partial charge in [-0.25, -0.2) is 4.99 Å². The average Bonchev–Trinajstić information content (AvgIpc) is 3.11. The average molecular weight is 308 g/mol. The van der Waals surface area contributed by atoms with Crippen molar-refractivity contribution < 1.29 is 9.63 Å². The summed E-state index contributed by atoms with van der Waals surface area (Å²) in [5, 5.41) is 20.8. The van der Waals surface area contributed by atoms with Crippen molar-refractivity contribution in [2.75, 3.05) is 13.1 Å². The molecule has 6 nitrogen and oxygen atoms in total. The van der Waals surface area contributed by atoms with E-state index in [1.165, 1.54) is 0 Å². The molecule has 1 aliphatic rings. The van der Waals surface area contributed by atoms with E-state index in [0.717, 1.165) is 43.7 Å². The maximum atomic E-state index is 10.4. The standard InChI is InChI=1S/C16H28N4O2/c1-4-17-15(19-11-16(21)7-5-6-8-16)18-10-13-9-14(12(2)3)20-22-13/h9,12,21H,4-8,10-11H2,1-3H3,(H2,17,18,19). The molecule has 1 heterocycles. The van der Waals surface area contributed by atoms with Crippen LogP contribution in [0, 0.1) is 0 Å². The lowest BCUT2D eigenvalue weighted by atomic mass is 10.0. The number of aliphatic hydroxyl groups is 1. The van der Waals surface area contributed by atoms with E-state index in [4.69, 9.17) is 4.52 Å². The molecule has 1 aromatic rings. The second-order valence-corrected chi connectivity index (χ2v) is 6.35. The van der Waals surface area contributed by atoms with Crippen LogP contribution in [-0.2, 0) is 6.54 Å². The first-order valence-electron chi connectivity index (χ1n) is 8.22. The van der Waals surface area contributed by atoms with E-state index in [-0.39, 0.29) is 0 Å². The Morgan fingerprint density at radius 3 is 2.73 bits per heavy atom. The summed E-state index contributed by atoms with van der Waals surface area (Å²) in [5.74, 6) is 1.80. The molecule has 22 heavy (non-hydrogen) atoms. The molecule has 0 amide bonds. The third kappa shape index (κ3) is 4.73. The molecule has 1 fully saturated rings. The van der Waals surface area contributed by atoms with Gasteiger partial charge in [-0.2, -0.15) is 0 Å². The number of hydrogen-bond acceptors (Lipinski definition) is 4. The van der Waals surface area contributed by atoms with Crippen molar-refractivity contribution >= 4 is 5.96 Å². The third-order valence-corrected chi connectivity index (χ3v) is 4.03. The molecule has 0 spiro atoms. The monoisotopic (exact) mass is 308 g/mol. The lowest BCUT2D eigenvalue weighted by Crippen LogP contribution is -2.46. The van der Waals surface area contributed by atoms with Gasteiger partial charge >= 0.3 is 0 Å². The Bertz CT molecular complexity index is 490. The number of nitrogens with one attached hydrogen (secondary N) is 2. The largest absolute Gasteiger partial charge is 0.388 e. The molecule has 0 radical (unpaired) electrons. The lowest BCUT2D eigenvalue weighted by molar-refractivity contribution is 0.0522. The van der Waals surface area contributed by atoms with Crippen LogP contribution in [0.5, 0.6) is 0 Å². The second-order valence-electron chi connectivity index (χ2n) is 6.35. The van der Waals surface area contributed by atoms with Crippen LogP contribution in [0.3, 0.4) is 0 Å². The molecule has 124 valence electrons. The van der Waals surface area contributed by atoms with Crippen molar-refractivity contribution in [2.45, 2.75) is 64.5 Å². The number of guanidine groups is 1. The molecule has 0 aliphatic heterocycles. The Morgan fingerprint density at radius 2 is 2.14 bits per heavy atom. The molecule has 3 N–H and O–H groups in total. The van der Waals surface area contributed by atoms with Gasteiger partial charge in [0.25, 0.3) is 0 Å². The summed E-state index contributed by atoms with van der Waals surface area (Å²) in [4.78, 5) is 4.50. The first-order valence-corrected chi connectivity index (χ1v) is 8.22. The SMILES string of the molecule is CCNC(=NCc1cc(C(C)C)no1)NCC1(O)CCCC1. The van der Waals surface area contributed by atoms with Crippen LogP contribution in [-0.4, -0.2) is 34.9 Å². The quantitative estimate of drug-likeness (QED) is 0.554. The summed E-state index contributed by atoms with van der Waals surface area (Å²) >= 11 is 0. The van der Waals surface area contributed by atoms with E-state index in [9.17, 15) is 5.11 Å². The zero-order chi connectivity index (χ0) is 16.0. The van der Waals surface area contributed by atoms with E-state index >= 15 is 0 Å². The molecule has 0 unspecified atom stereocenters. The summed E-state index contributed by atoms with van der Waals surface area (Å²) < 4.78 is 5.29. The van der Waals surface area contributed by atoms with E-state index in [1.807, 2.05) is 13.0 Å². The first-order chi connectivity index (χ1) is 10.5. The summed E-state index contributed by atoms with van der Waals surface area (Å²) in [6.07, 6.45) is 3.92. The van der Waals surface area contributed by atoms with E-state index < -0.39 is 5.60 Å². The number of aromatic nitrogens is 1. The van der Waals surface area contributed by atoms with Gasteiger partial charge in [0.15, 0.2) is 11.7 Å². The Morgan fingerprint density at radius 1 is 1.41 bits per heavy atom. The molecule has 0 atom stereocenters. The predicted octanol–water partition coefficient (Wildman–Crippen LogP) is 2.16. The fourth-order valence-corrected chi connectivity index (χ4v) is 2.63. The van der Waals surface area contributed by atoms with Crippen molar-refractivity contribution in [3.63, 3.8) is 0 Å². The summed E-state index contributed by atoms with van der Waals surface area (Å²) in [6, 6.07) is 1.95. The van der Waals surface area contributed by atoms with E-state index in [1.54, 1.807) is 0 Å². The van der Waals surface area contributed by atoms with Gasteiger partial charge in [-0.3, -0.25) is 0 Å². The van der Waals surface area contributed by atoms with Gasteiger partial charge in [-0.05, 0) is 25.7 Å². The highest BCUT2D eigenvalue weighted by Gasteiger charge is 2.30. The number of aliphatic imine (C=N–C) groups is 1. The van der Waals surface area contributed by atoms with Crippen LogP contribution >= 0.6 is 0 Å². The molecule has 0 saturated heterocycles. The number of rotatable bonds is 6. The van der Waals surface area contributed by atoms with Gasteiger partial charge in [0.2, 0.25) is 0 Å². The van der Waals surface area contributed by atoms with Crippen molar-refractivity contribution in [2.24, 2.45) is 4.99 Å². The van der Waals surface area contributed by atoms with Gasteiger partial charge < -0.3 is 20.3 Å². The highest BCUT2D eigenvalue weighted by molar-refractivity contribution is 5.79. The summed E-state index contributed by atoms with van der Waals surface area (Å²) in [5.41, 5.74) is 0.358. The third-order valence-electron chi connectivity index (χ3n) is 4.03. The van der Waals surface area contributed by atoms with Crippen molar-refractivity contribution in [1.29, 1.82) is 0 Å². The number of hydrogen-bond donors (Lipinski definition) is 3. The molecular weight excluding hydrogens is 280 g/mol. The van der Waals surface area contributed by atoms with Crippen LogP contribution < -0.4 is 10.6 Å². The zero-order valence-electron chi connectivity index (χ0n) is 13.9. The second kappa shape index (κ2) is 7.63. The van der Waals surface area contributed by atoms with E-state index in [0.29, 0.717) is 25.0 Å². The zero-order valence-corrected chi connectivity index (χ0v) is 13.9. The van der Waals surface area contributed by atoms with Crippen molar-refractivity contribution in [3.8, 4) is 0 Å². The molecule has 1 saturated carbocycles. The summed E-state index contributed by atoms with van der Waals surface area (Å²) in [7, 11) is 0. The summed E-state index contributed by atoms with van der Waals surface area (Å²) in [6.45, 7) is 7.93. The molecule has 6 heteroatoms. The molecule has 1 aliphatic carbocycles. The topological polar surface area (TPSA) is 82.7 Å². The molecular formula is C16H28N4O2. The van der Waals surface area contributed by atoms with Gasteiger partial charge in [0, 0.05) is 19.2 Å². The van der Waals surface area contributed by atoms with Gasteiger partial charge in [0.05, 0.1) is 11.3 Å². The van der Waals surface area contributed by atoms with Crippen molar-refractivity contribution in [3.05, 3.63) is 17.5 Å². The fourth-order valence-electron chi connectivity index (χ4n) is 2.63. The predicted molar refractivity (Wildman–Crippen MR) is 86.8 cm³/mol. The maximum Gasteiger partial charge on any atom is 0.191 e. The maximum absolute atomic E-state index is 10.4. The van der Waals surface area contributed by atoms with Gasteiger partial charge in [0.1, 0.15) is 6.54 Å². The van der Waals surface area contributed by atoms with Crippen molar-refractivity contribution in [1.82, 2.24) is 15.8 Å². The fraction of sp³-hybridized carbons (Fsp3) is 0.750. The highest BCUT2D eigenvalue weighted by atomic mass is 16.5. The van der Waals surface area contributed by atoms with Gasteiger partial charge in [-0.15, -0.1) is 0 Å². The minimum atomic E-state index is -0.590. The first kappa shape index (κ1) is 16.8. The molecule has 1 aromatic heterocycles. The van der Waals surface area contributed by atoms with Crippen LogP contribution in [0.2, 0.25) is 0 Å². The van der Waals surface area contributed by atoms with Crippen LogP contribution in [0.15, 0.2) is 15.6 Å². The Kier molecular flexibility index (Phi) is 5.83. The van der Waals surface area contributed by atoms with Crippen LogP contribution in [0.25, 0.3) is 0 Å². The molecule has 0 bridgehead atoms. The normalized spacial score (nSPS) is 18.0. The number of nitrogens with zero attached hydrogens (tertiary/aromatic N) is 2. The highest BCUT2D eigenvalue weighted by Crippen LogP contribution is 2.28. The minimum Gasteiger partial charge on any atom is -0.388 e. The van der Waals surface area contributed by atoms with E-state index in [2.05, 4.69) is 34.6 Å². The Balaban J connectivity index is 1.91.